The molecule has 1 aromatic carbocycles. The monoisotopic (exact) mass is 331 g/mol. The number of carbonyl (C=O) groups is 1. The molecule has 1 aliphatic rings. The van der Waals surface area contributed by atoms with Gasteiger partial charge in [-0.3, -0.25) is 9.52 Å². The minimum atomic E-state index is -3.37. The van der Waals surface area contributed by atoms with E-state index in [1.54, 1.807) is 12.1 Å². The highest BCUT2D eigenvalue weighted by molar-refractivity contribution is 7.92. The van der Waals surface area contributed by atoms with E-state index in [0.717, 1.165) is 32.2 Å². The minimum Gasteiger partial charge on any atom is -0.324 e. The Morgan fingerprint density at radius 1 is 1.33 bits per heavy atom. The zero-order chi connectivity index (χ0) is 15.5. The molecule has 0 unspecified atom stereocenters. The van der Waals surface area contributed by atoms with Gasteiger partial charge in [-0.1, -0.05) is 11.6 Å². The van der Waals surface area contributed by atoms with Gasteiger partial charge in [-0.2, -0.15) is 0 Å². The molecule has 1 fully saturated rings. The van der Waals surface area contributed by atoms with Gasteiger partial charge in [0.2, 0.25) is 15.9 Å². The first kappa shape index (κ1) is 16.1. The number of halogens is 1. The average molecular weight is 332 g/mol. The fraction of sp³-hybridized carbons (Fsp3) is 0.462. The summed E-state index contributed by atoms with van der Waals surface area (Å²) in [4.78, 5) is 12.2. The van der Waals surface area contributed by atoms with Crippen LogP contribution in [0.2, 0.25) is 5.02 Å². The Bertz CT molecular complexity index is 628. The van der Waals surface area contributed by atoms with Crippen molar-refractivity contribution in [1.29, 1.82) is 0 Å². The van der Waals surface area contributed by atoms with Crippen LogP contribution in [0.3, 0.4) is 0 Å². The molecule has 0 bridgehead atoms. The van der Waals surface area contributed by atoms with Gasteiger partial charge in [-0.05, 0) is 44.1 Å². The van der Waals surface area contributed by atoms with Crippen molar-refractivity contribution in [1.82, 2.24) is 5.32 Å². The molecule has 3 N–H and O–H groups in total. The van der Waals surface area contributed by atoms with E-state index in [1.807, 2.05) is 0 Å². The van der Waals surface area contributed by atoms with E-state index < -0.39 is 10.0 Å². The Morgan fingerprint density at radius 2 is 2.00 bits per heavy atom. The van der Waals surface area contributed by atoms with Gasteiger partial charge in [0.15, 0.2) is 0 Å². The molecule has 21 heavy (non-hydrogen) atoms. The molecule has 1 aliphatic heterocycles. The summed E-state index contributed by atoms with van der Waals surface area (Å²) < 4.78 is 24.8. The van der Waals surface area contributed by atoms with E-state index in [-0.39, 0.29) is 11.8 Å². The van der Waals surface area contributed by atoms with Crippen molar-refractivity contribution in [3.63, 3.8) is 0 Å². The number of hydrogen-bond acceptors (Lipinski definition) is 4. The smallest absolute Gasteiger partial charge is 0.229 e. The maximum absolute atomic E-state index is 12.2. The first-order chi connectivity index (χ1) is 9.85. The second kappa shape index (κ2) is 6.64. The minimum absolute atomic E-state index is 0.0474. The van der Waals surface area contributed by atoms with Gasteiger partial charge in [0.05, 0.1) is 22.7 Å². The van der Waals surface area contributed by atoms with Gasteiger partial charge in [0.25, 0.3) is 0 Å². The van der Waals surface area contributed by atoms with Gasteiger partial charge in [0.1, 0.15) is 0 Å². The summed E-state index contributed by atoms with van der Waals surface area (Å²) in [5.41, 5.74) is 0.774. The van der Waals surface area contributed by atoms with Crippen molar-refractivity contribution < 1.29 is 13.2 Å². The molecule has 116 valence electrons. The number of piperidine rings is 1. The molecule has 1 saturated heterocycles. The zero-order valence-electron chi connectivity index (χ0n) is 11.6. The van der Waals surface area contributed by atoms with Crippen molar-refractivity contribution in [3.05, 3.63) is 23.2 Å². The highest BCUT2D eigenvalue weighted by Gasteiger charge is 2.21. The normalized spacial score (nSPS) is 16.5. The quantitative estimate of drug-likeness (QED) is 0.783. The van der Waals surface area contributed by atoms with E-state index in [0.29, 0.717) is 16.4 Å². The number of hydrogen-bond donors (Lipinski definition) is 3. The van der Waals surface area contributed by atoms with Crippen LogP contribution in [0, 0.1) is 5.92 Å². The summed E-state index contributed by atoms with van der Waals surface area (Å²) in [7, 11) is -3.37. The van der Waals surface area contributed by atoms with Crippen LogP contribution in [-0.2, 0) is 14.8 Å². The molecule has 1 aromatic rings. The number of benzene rings is 1. The third-order valence-corrected chi connectivity index (χ3v) is 4.17. The fourth-order valence-electron chi connectivity index (χ4n) is 2.22. The van der Waals surface area contributed by atoms with Crippen LogP contribution in [0.25, 0.3) is 0 Å². The molecule has 1 amide bonds. The molecule has 8 heteroatoms. The van der Waals surface area contributed by atoms with Crippen molar-refractivity contribution in [2.75, 3.05) is 29.4 Å². The lowest BCUT2D eigenvalue weighted by Gasteiger charge is -2.22. The lowest BCUT2D eigenvalue weighted by Crippen LogP contribution is -2.34. The SMILES string of the molecule is CS(=O)(=O)Nc1ccc(Cl)c(NC(=O)C2CCNCC2)c1. The maximum Gasteiger partial charge on any atom is 0.229 e. The molecule has 0 atom stereocenters. The maximum atomic E-state index is 12.2. The Hall–Kier alpha value is -1.31. The number of carbonyl (C=O) groups excluding carboxylic acids is 1. The topological polar surface area (TPSA) is 87.3 Å². The summed E-state index contributed by atoms with van der Waals surface area (Å²) in [5, 5.41) is 6.34. The molecule has 0 aliphatic carbocycles. The zero-order valence-corrected chi connectivity index (χ0v) is 13.2. The predicted octanol–water partition coefficient (Wildman–Crippen LogP) is 1.65. The summed E-state index contributed by atoms with van der Waals surface area (Å²) in [6, 6.07) is 4.61. The first-order valence-electron chi connectivity index (χ1n) is 6.64. The van der Waals surface area contributed by atoms with Crippen LogP contribution >= 0.6 is 11.6 Å². The van der Waals surface area contributed by atoms with Gasteiger partial charge in [0, 0.05) is 5.92 Å². The van der Waals surface area contributed by atoms with Gasteiger partial charge in [-0.15, -0.1) is 0 Å². The Balaban J connectivity index is 2.11. The molecule has 1 heterocycles. The molecule has 0 saturated carbocycles. The lowest BCUT2D eigenvalue weighted by molar-refractivity contribution is -0.120. The highest BCUT2D eigenvalue weighted by Crippen LogP contribution is 2.27. The largest absolute Gasteiger partial charge is 0.324 e. The van der Waals surface area contributed by atoms with E-state index in [2.05, 4.69) is 15.4 Å². The summed E-state index contributed by atoms with van der Waals surface area (Å²) in [6.45, 7) is 1.64. The summed E-state index contributed by atoms with van der Waals surface area (Å²) >= 11 is 6.05. The molecule has 0 aromatic heterocycles. The summed E-state index contributed by atoms with van der Waals surface area (Å²) in [6.07, 6.45) is 2.63. The van der Waals surface area contributed by atoms with E-state index in [9.17, 15) is 13.2 Å². The molecular weight excluding hydrogens is 314 g/mol. The second-order valence-corrected chi connectivity index (χ2v) is 7.24. The molecule has 0 radical (unpaired) electrons. The van der Waals surface area contributed by atoms with Crippen LogP contribution in [0.1, 0.15) is 12.8 Å². The second-order valence-electron chi connectivity index (χ2n) is 5.08. The van der Waals surface area contributed by atoms with Crippen molar-refractivity contribution in [3.8, 4) is 0 Å². The molecule has 0 spiro atoms. The van der Waals surface area contributed by atoms with E-state index >= 15 is 0 Å². The summed E-state index contributed by atoms with van der Waals surface area (Å²) in [5.74, 6) is -0.135. The van der Waals surface area contributed by atoms with Gasteiger partial charge < -0.3 is 10.6 Å². The molecule has 6 nitrogen and oxygen atoms in total. The number of rotatable bonds is 4. The number of anilines is 2. The van der Waals surface area contributed by atoms with E-state index in [1.165, 1.54) is 6.07 Å². The first-order valence-corrected chi connectivity index (χ1v) is 8.91. The Labute approximate surface area is 129 Å². The lowest BCUT2D eigenvalue weighted by atomic mass is 9.97. The Morgan fingerprint density at radius 3 is 2.62 bits per heavy atom. The molecule has 2 rings (SSSR count). The third kappa shape index (κ3) is 4.87. The van der Waals surface area contributed by atoms with Crippen LogP contribution in [0.5, 0.6) is 0 Å². The van der Waals surface area contributed by atoms with Gasteiger partial charge >= 0.3 is 0 Å². The van der Waals surface area contributed by atoms with Crippen molar-refractivity contribution in [2.45, 2.75) is 12.8 Å². The number of nitrogens with one attached hydrogen (secondary N) is 3. The fourth-order valence-corrected chi connectivity index (χ4v) is 2.94. The van der Waals surface area contributed by atoms with Crippen LogP contribution in [0.4, 0.5) is 11.4 Å². The highest BCUT2D eigenvalue weighted by atomic mass is 35.5. The van der Waals surface area contributed by atoms with Crippen LogP contribution in [-0.4, -0.2) is 33.7 Å². The number of sulfonamides is 1. The molecular formula is C13H18ClN3O3S. The van der Waals surface area contributed by atoms with Crippen LogP contribution < -0.4 is 15.4 Å². The predicted molar refractivity (Wildman–Crippen MR) is 84.1 cm³/mol. The Kier molecular flexibility index (Phi) is 5.08. The van der Waals surface area contributed by atoms with Crippen LogP contribution in [0.15, 0.2) is 18.2 Å². The van der Waals surface area contributed by atoms with Crippen molar-refractivity contribution >= 4 is 38.9 Å². The number of amides is 1. The van der Waals surface area contributed by atoms with E-state index in [4.69, 9.17) is 11.6 Å². The van der Waals surface area contributed by atoms with Crippen molar-refractivity contribution in [2.24, 2.45) is 5.92 Å². The average Bonchev–Trinajstić information content (AvgIpc) is 2.42. The van der Waals surface area contributed by atoms with Gasteiger partial charge in [-0.25, -0.2) is 8.42 Å². The standard InChI is InChI=1S/C13H18ClN3O3S/c1-21(19,20)17-10-2-3-11(14)12(8-10)16-13(18)9-4-6-15-7-5-9/h2-3,8-9,15,17H,4-7H2,1H3,(H,16,18). The third-order valence-electron chi connectivity index (χ3n) is 3.24.